The van der Waals surface area contributed by atoms with E-state index in [0.29, 0.717) is 0 Å². The van der Waals surface area contributed by atoms with Crippen molar-refractivity contribution in [2.24, 2.45) is 0 Å². The zero-order valence-corrected chi connectivity index (χ0v) is 14.8. The van der Waals surface area contributed by atoms with Crippen LogP contribution in [0.5, 0.6) is 5.75 Å². The average Bonchev–Trinajstić information content (AvgIpc) is 2.55. The minimum absolute atomic E-state index is 0.163. The fourth-order valence-electron chi connectivity index (χ4n) is 2.69. The first-order valence-corrected chi connectivity index (χ1v) is 8.24. The highest BCUT2D eigenvalue weighted by Gasteiger charge is 2.28. The number of aromatic hydroxyl groups is 1. The fraction of sp³-hybridized carbons (Fsp3) is 0.350. The van der Waals surface area contributed by atoms with E-state index in [9.17, 15) is 15.0 Å². The van der Waals surface area contributed by atoms with Crippen molar-refractivity contribution in [1.82, 2.24) is 5.32 Å². The summed E-state index contributed by atoms with van der Waals surface area (Å²) in [6.07, 6.45) is -0.578. The highest BCUT2D eigenvalue weighted by atomic mass is 16.6. The van der Waals surface area contributed by atoms with Gasteiger partial charge in [0, 0.05) is 5.92 Å². The van der Waals surface area contributed by atoms with Gasteiger partial charge in [-0.3, -0.25) is 0 Å². The van der Waals surface area contributed by atoms with E-state index >= 15 is 0 Å². The van der Waals surface area contributed by atoms with Crippen molar-refractivity contribution in [3.8, 4) is 5.75 Å². The molecule has 0 aliphatic heterocycles. The molecule has 0 aromatic heterocycles. The first kappa shape index (κ1) is 18.8. The number of nitrogens with one attached hydrogen (secondary N) is 1. The van der Waals surface area contributed by atoms with Crippen molar-refractivity contribution in [1.29, 1.82) is 0 Å². The van der Waals surface area contributed by atoms with Gasteiger partial charge in [-0.15, -0.1) is 0 Å². The van der Waals surface area contributed by atoms with E-state index in [1.807, 2.05) is 30.3 Å². The smallest absolute Gasteiger partial charge is 0.407 e. The van der Waals surface area contributed by atoms with Gasteiger partial charge < -0.3 is 20.3 Å². The quantitative estimate of drug-likeness (QED) is 0.777. The van der Waals surface area contributed by atoms with Crippen LogP contribution in [0.25, 0.3) is 0 Å². The van der Waals surface area contributed by atoms with Crippen molar-refractivity contribution in [2.75, 3.05) is 6.61 Å². The SMILES string of the molecule is CC(C)(C)OC(=O)N[C@H](CO)[C@@H](c1ccccc1)c1ccc(O)cc1. The summed E-state index contributed by atoms with van der Waals surface area (Å²) in [6.45, 7) is 5.11. The molecule has 0 heterocycles. The standard InChI is InChI=1S/C20H25NO4/c1-20(2,3)25-19(24)21-17(13-22)18(14-7-5-4-6-8-14)15-9-11-16(23)12-10-15/h4-12,17-18,22-23H,13H2,1-3H3,(H,21,24)/t17-,18+/m1/s1. The van der Waals surface area contributed by atoms with Gasteiger partial charge >= 0.3 is 6.09 Å². The molecular weight excluding hydrogens is 318 g/mol. The zero-order chi connectivity index (χ0) is 18.4. The van der Waals surface area contributed by atoms with Gasteiger partial charge in [-0.05, 0) is 44.0 Å². The lowest BCUT2D eigenvalue weighted by Gasteiger charge is -2.29. The van der Waals surface area contributed by atoms with Gasteiger partial charge in [0.05, 0.1) is 12.6 Å². The number of ether oxygens (including phenoxy) is 1. The van der Waals surface area contributed by atoms with E-state index in [1.165, 1.54) is 0 Å². The summed E-state index contributed by atoms with van der Waals surface area (Å²) in [5, 5.41) is 22.2. The molecule has 2 aromatic carbocycles. The van der Waals surface area contributed by atoms with E-state index < -0.39 is 17.7 Å². The lowest BCUT2D eigenvalue weighted by molar-refractivity contribution is 0.0476. The van der Waals surface area contributed by atoms with Crippen LogP contribution in [0.4, 0.5) is 4.79 Å². The monoisotopic (exact) mass is 343 g/mol. The number of amides is 1. The maximum absolute atomic E-state index is 12.2. The molecule has 2 rings (SSSR count). The number of phenols is 1. The Balaban J connectivity index is 2.32. The molecule has 0 aliphatic rings. The summed E-state index contributed by atoms with van der Waals surface area (Å²) in [7, 11) is 0. The Morgan fingerprint density at radius 3 is 2.12 bits per heavy atom. The summed E-state index contributed by atoms with van der Waals surface area (Å²) in [6, 6.07) is 15.8. The largest absolute Gasteiger partial charge is 0.508 e. The second-order valence-corrected chi connectivity index (χ2v) is 6.92. The van der Waals surface area contributed by atoms with Gasteiger partial charge in [0.1, 0.15) is 11.4 Å². The molecule has 2 aromatic rings. The normalized spacial score (nSPS) is 13.8. The maximum Gasteiger partial charge on any atom is 0.407 e. The van der Waals surface area contributed by atoms with Crippen LogP contribution < -0.4 is 5.32 Å². The third-order valence-corrected chi connectivity index (χ3v) is 3.71. The third kappa shape index (κ3) is 5.50. The van der Waals surface area contributed by atoms with Crippen molar-refractivity contribution in [3.63, 3.8) is 0 Å². The number of aliphatic hydroxyl groups excluding tert-OH is 1. The molecule has 0 bridgehead atoms. The van der Waals surface area contributed by atoms with Gasteiger partial charge in [-0.25, -0.2) is 4.79 Å². The van der Waals surface area contributed by atoms with Crippen molar-refractivity contribution >= 4 is 6.09 Å². The summed E-state index contributed by atoms with van der Waals surface area (Å²) in [5.41, 5.74) is 1.20. The molecule has 0 unspecified atom stereocenters. The summed E-state index contributed by atoms with van der Waals surface area (Å²) in [4.78, 5) is 12.2. The second-order valence-electron chi connectivity index (χ2n) is 6.92. The number of rotatable bonds is 5. The molecule has 25 heavy (non-hydrogen) atoms. The maximum atomic E-state index is 12.2. The number of alkyl carbamates (subject to hydrolysis) is 1. The molecule has 2 atom stereocenters. The Bertz CT molecular complexity index is 677. The van der Waals surface area contributed by atoms with Crippen LogP contribution in [0.1, 0.15) is 37.8 Å². The molecule has 0 radical (unpaired) electrons. The number of aliphatic hydroxyl groups is 1. The Kier molecular flexibility index (Phi) is 6.04. The van der Waals surface area contributed by atoms with E-state index in [4.69, 9.17) is 4.74 Å². The van der Waals surface area contributed by atoms with Gasteiger partial charge in [0.15, 0.2) is 0 Å². The number of benzene rings is 2. The van der Waals surface area contributed by atoms with Crippen molar-refractivity contribution in [2.45, 2.75) is 38.3 Å². The third-order valence-electron chi connectivity index (χ3n) is 3.71. The molecule has 0 saturated heterocycles. The van der Waals surface area contributed by atoms with Crippen LogP contribution in [-0.4, -0.2) is 34.6 Å². The lowest BCUT2D eigenvalue weighted by Crippen LogP contribution is -2.44. The van der Waals surface area contributed by atoms with Crippen LogP contribution in [0.2, 0.25) is 0 Å². The predicted molar refractivity (Wildman–Crippen MR) is 96.6 cm³/mol. The van der Waals surface area contributed by atoms with Crippen LogP contribution in [0, 0.1) is 0 Å². The molecule has 134 valence electrons. The first-order valence-electron chi connectivity index (χ1n) is 8.24. The number of hydrogen-bond donors (Lipinski definition) is 3. The van der Waals surface area contributed by atoms with Crippen molar-refractivity contribution in [3.05, 3.63) is 65.7 Å². The van der Waals surface area contributed by atoms with Gasteiger partial charge in [0.2, 0.25) is 0 Å². The Labute approximate surface area is 148 Å². The number of hydrogen-bond acceptors (Lipinski definition) is 4. The van der Waals surface area contributed by atoms with Gasteiger partial charge in [-0.2, -0.15) is 0 Å². The molecule has 1 amide bonds. The van der Waals surface area contributed by atoms with Crippen LogP contribution in [0.3, 0.4) is 0 Å². The predicted octanol–water partition coefficient (Wildman–Crippen LogP) is 3.41. The Morgan fingerprint density at radius 1 is 1.04 bits per heavy atom. The minimum Gasteiger partial charge on any atom is -0.508 e. The van der Waals surface area contributed by atoms with Gasteiger partial charge in [0.25, 0.3) is 0 Å². The summed E-state index contributed by atoms with van der Waals surface area (Å²) in [5.74, 6) is -0.115. The summed E-state index contributed by atoms with van der Waals surface area (Å²) < 4.78 is 5.31. The minimum atomic E-state index is -0.620. The Morgan fingerprint density at radius 2 is 1.60 bits per heavy atom. The van der Waals surface area contributed by atoms with Crippen LogP contribution >= 0.6 is 0 Å². The van der Waals surface area contributed by atoms with Crippen molar-refractivity contribution < 1.29 is 19.7 Å². The van der Waals surface area contributed by atoms with Crippen LogP contribution in [0.15, 0.2) is 54.6 Å². The Hall–Kier alpha value is -2.53. The molecule has 0 saturated carbocycles. The van der Waals surface area contributed by atoms with Gasteiger partial charge in [-0.1, -0.05) is 42.5 Å². The molecule has 5 heteroatoms. The number of carbonyl (C=O) groups excluding carboxylic acids is 1. The zero-order valence-electron chi connectivity index (χ0n) is 14.8. The average molecular weight is 343 g/mol. The topological polar surface area (TPSA) is 78.8 Å². The first-order chi connectivity index (χ1) is 11.8. The highest BCUT2D eigenvalue weighted by molar-refractivity contribution is 5.68. The molecule has 0 fully saturated rings. The number of carbonyl (C=O) groups is 1. The fourth-order valence-corrected chi connectivity index (χ4v) is 2.69. The molecule has 3 N–H and O–H groups in total. The van der Waals surface area contributed by atoms with Crippen LogP contribution in [-0.2, 0) is 4.74 Å². The second kappa shape index (κ2) is 8.03. The number of phenolic OH excluding ortho intramolecular Hbond substituents is 1. The molecule has 0 aliphatic carbocycles. The molecule has 0 spiro atoms. The highest BCUT2D eigenvalue weighted by Crippen LogP contribution is 2.29. The van der Waals surface area contributed by atoms with E-state index in [-0.39, 0.29) is 18.3 Å². The molecule has 5 nitrogen and oxygen atoms in total. The molecular formula is C20H25NO4. The summed E-state index contributed by atoms with van der Waals surface area (Å²) >= 11 is 0. The van der Waals surface area contributed by atoms with E-state index in [0.717, 1.165) is 11.1 Å². The lowest BCUT2D eigenvalue weighted by atomic mass is 9.85. The van der Waals surface area contributed by atoms with E-state index in [2.05, 4.69) is 5.32 Å². The van der Waals surface area contributed by atoms with E-state index in [1.54, 1.807) is 45.0 Å².